The summed E-state index contributed by atoms with van der Waals surface area (Å²) < 4.78 is 25.3. The van der Waals surface area contributed by atoms with Crippen molar-refractivity contribution in [3.05, 3.63) is 29.7 Å². The Balaban J connectivity index is 1.94. The third kappa shape index (κ3) is 1.90. The average molecular weight is 265 g/mol. The van der Waals surface area contributed by atoms with Crippen molar-refractivity contribution in [2.45, 2.75) is 31.4 Å². The Hall–Kier alpha value is -1.43. The predicted molar refractivity (Wildman–Crippen MR) is 68.2 cm³/mol. The van der Waals surface area contributed by atoms with Crippen LogP contribution in [0.15, 0.2) is 18.3 Å². The van der Waals surface area contributed by atoms with Gasteiger partial charge in [0, 0.05) is 12.6 Å². The maximum Gasteiger partial charge on any atom is 0.158 e. The molecule has 0 spiro atoms. The second-order valence-electron chi connectivity index (χ2n) is 4.82. The van der Waals surface area contributed by atoms with Crippen molar-refractivity contribution in [3.8, 4) is 0 Å². The van der Waals surface area contributed by atoms with Crippen molar-refractivity contribution in [2.75, 3.05) is 5.75 Å². The Morgan fingerprint density at radius 3 is 3.00 bits per heavy atom. The number of hydrogen-bond donors (Lipinski definition) is 0. The molecule has 6 heteroatoms. The van der Waals surface area contributed by atoms with E-state index in [0.29, 0.717) is 18.0 Å². The summed E-state index contributed by atoms with van der Waals surface area (Å²) in [6.45, 7) is 1.97. The van der Waals surface area contributed by atoms with Crippen molar-refractivity contribution in [1.82, 2.24) is 14.6 Å². The second kappa shape index (κ2) is 4.05. The molecule has 3 heterocycles. The molecule has 18 heavy (non-hydrogen) atoms. The number of fused-ring (bicyclic) bond motifs is 1. The Kier molecular flexibility index (Phi) is 2.62. The predicted octanol–water partition coefficient (Wildman–Crippen LogP) is 1.16. The summed E-state index contributed by atoms with van der Waals surface area (Å²) >= 11 is 0. The first kappa shape index (κ1) is 11.6. The van der Waals surface area contributed by atoms with E-state index in [1.165, 1.54) is 0 Å². The summed E-state index contributed by atoms with van der Waals surface area (Å²) in [6.07, 6.45) is 3.77. The maximum absolute atomic E-state index is 11.8. The Bertz CT molecular complexity index is 690. The minimum Gasteiger partial charge on any atom is -0.229 e. The molecule has 1 atom stereocenters. The molecule has 1 aliphatic heterocycles. The summed E-state index contributed by atoms with van der Waals surface area (Å²) in [4.78, 5) is 4.43. The first-order valence-electron chi connectivity index (χ1n) is 6.09. The molecule has 3 rings (SSSR count). The largest absolute Gasteiger partial charge is 0.229 e. The molecule has 96 valence electrons. The van der Waals surface area contributed by atoms with Crippen LogP contribution < -0.4 is 0 Å². The monoisotopic (exact) mass is 265 g/mol. The zero-order valence-corrected chi connectivity index (χ0v) is 11.0. The van der Waals surface area contributed by atoms with Gasteiger partial charge in [-0.15, -0.1) is 0 Å². The molecule has 2 aromatic heterocycles. The Morgan fingerprint density at radius 2 is 2.33 bits per heavy atom. The van der Waals surface area contributed by atoms with Crippen LogP contribution >= 0.6 is 0 Å². The van der Waals surface area contributed by atoms with Gasteiger partial charge in [0.25, 0.3) is 0 Å². The van der Waals surface area contributed by atoms with Crippen LogP contribution in [0.25, 0.3) is 5.65 Å². The van der Waals surface area contributed by atoms with Crippen LogP contribution in [-0.2, 0) is 16.3 Å². The second-order valence-corrected chi connectivity index (χ2v) is 7.22. The average Bonchev–Trinajstić information content (AvgIpc) is 2.84. The molecule has 0 amide bonds. The van der Waals surface area contributed by atoms with Gasteiger partial charge in [-0.2, -0.15) is 5.10 Å². The summed E-state index contributed by atoms with van der Waals surface area (Å²) in [5, 5.41) is 4.05. The summed E-state index contributed by atoms with van der Waals surface area (Å²) in [5.74, 6) is 0.934. The van der Waals surface area contributed by atoms with E-state index in [-0.39, 0.29) is 5.25 Å². The van der Waals surface area contributed by atoms with Crippen LogP contribution in [0.1, 0.15) is 24.2 Å². The molecule has 5 nitrogen and oxygen atoms in total. The number of nitrogens with zero attached hydrogens (tertiary/aromatic N) is 3. The number of hydrogen-bond acceptors (Lipinski definition) is 4. The normalized spacial score (nSPS) is 22.6. The van der Waals surface area contributed by atoms with E-state index >= 15 is 0 Å². The summed E-state index contributed by atoms with van der Waals surface area (Å²) in [5.41, 5.74) is 1.86. The smallest absolute Gasteiger partial charge is 0.158 e. The van der Waals surface area contributed by atoms with Gasteiger partial charge in [-0.25, -0.2) is 17.9 Å². The van der Waals surface area contributed by atoms with Gasteiger partial charge in [0.05, 0.1) is 11.0 Å². The van der Waals surface area contributed by atoms with Crippen molar-refractivity contribution in [1.29, 1.82) is 0 Å². The highest BCUT2D eigenvalue weighted by atomic mass is 32.2. The van der Waals surface area contributed by atoms with Crippen LogP contribution in [0.5, 0.6) is 0 Å². The summed E-state index contributed by atoms with van der Waals surface area (Å²) in [7, 11) is -2.92. The molecular weight excluding hydrogens is 250 g/mol. The van der Waals surface area contributed by atoms with Crippen molar-refractivity contribution in [3.63, 3.8) is 0 Å². The van der Waals surface area contributed by atoms with Crippen LogP contribution in [0.2, 0.25) is 0 Å². The highest BCUT2D eigenvalue weighted by Crippen LogP contribution is 2.23. The van der Waals surface area contributed by atoms with Gasteiger partial charge >= 0.3 is 0 Å². The van der Waals surface area contributed by atoms with Gasteiger partial charge in [-0.3, -0.25) is 0 Å². The minimum atomic E-state index is -2.92. The molecule has 0 saturated carbocycles. The molecular formula is C12H15N3O2S. The number of rotatable bonds is 2. The van der Waals surface area contributed by atoms with E-state index in [1.807, 2.05) is 25.3 Å². The maximum atomic E-state index is 11.8. The minimum absolute atomic E-state index is 0.296. The molecule has 0 aliphatic carbocycles. The number of aryl methyl sites for hydroxylation is 1. The lowest BCUT2D eigenvalue weighted by Crippen LogP contribution is -2.19. The van der Waals surface area contributed by atoms with E-state index in [9.17, 15) is 8.42 Å². The quantitative estimate of drug-likeness (QED) is 0.817. The number of aromatic nitrogens is 3. The molecule has 0 bridgehead atoms. The van der Waals surface area contributed by atoms with Gasteiger partial charge < -0.3 is 0 Å². The Morgan fingerprint density at radius 1 is 1.50 bits per heavy atom. The third-order valence-electron chi connectivity index (χ3n) is 3.47. The molecule has 2 aromatic rings. The van der Waals surface area contributed by atoms with Crippen LogP contribution in [-0.4, -0.2) is 34.0 Å². The fraction of sp³-hybridized carbons (Fsp3) is 0.500. The van der Waals surface area contributed by atoms with E-state index < -0.39 is 9.84 Å². The van der Waals surface area contributed by atoms with Gasteiger partial charge in [-0.1, -0.05) is 6.07 Å². The highest BCUT2D eigenvalue weighted by Gasteiger charge is 2.32. The fourth-order valence-corrected chi connectivity index (χ4v) is 4.29. The molecule has 1 saturated heterocycles. The molecule has 0 N–H and O–H groups in total. The van der Waals surface area contributed by atoms with E-state index in [1.54, 1.807) is 4.52 Å². The molecule has 0 aromatic carbocycles. The molecule has 1 unspecified atom stereocenters. The molecule has 0 radical (unpaired) electrons. The van der Waals surface area contributed by atoms with Gasteiger partial charge in [0.1, 0.15) is 0 Å². The van der Waals surface area contributed by atoms with Crippen molar-refractivity contribution in [2.24, 2.45) is 0 Å². The lowest BCUT2D eigenvalue weighted by Gasteiger charge is -2.04. The van der Waals surface area contributed by atoms with Gasteiger partial charge in [0.15, 0.2) is 21.3 Å². The number of sulfone groups is 1. The van der Waals surface area contributed by atoms with Crippen LogP contribution in [0, 0.1) is 6.92 Å². The molecule has 1 fully saturated rings. The van der Waals surface area contributed by atoms with Crippen molar-refractivity contribution >= 4 is 15.5 Å². The van der Waals surface area contributed by atoms with E-state index in [2.05, 4.69) is 10.1 Å². The Labute approximate surface area is 106 Å². The lowest BCUT2D eigenvalue weighted by molar-refractivity contribution is 0.586. The SMILES string of the molecule is Cc1cccn2nc(CC3CCCS3(=O)=O)nc12. The van der Waals surface area contributed by atoms with Crippen LogP contribution in [0.3, 0.4) is 0 Å². The zero-order chi connectivity index (χ0) is 12.8. The fourth-order valence-electron chi connectivity index (χ4n) is 2.46. The van der Waals surface area contributed by atoms with Crippen LogP contribution in [0.4, 0.5) is 0 Å². The number of pyridine rings is 1. The van der Waals surface area contributed by atoms with E-state index in [0.717, 1.165) is 24.1 Å². The molecule has 1 aliphatic rings. The van der Waals surface area contributed by atoms with Gasteiger partial charge in [0.2, 0.25) is 0 Å². The zero-order valence-electron chi connectivity index (χ0n) is 10.2. The standard InChI is InChI=1S/C12H15N3O2S/c1-9-4-2-6-15-12(9)13-11(14-15)8-10-5-3-7-18(10,16)17/h2,4,6,10H,3,5,7-8H2,1H3. The lowest BCUT2D eigenvalue weighted by atomic mass is 10.2. The first-order valence-corrected chi connectivity index (χ1v) is 7.80. The van der Waals surface area contributed by atoms with E-state index in [4.69, 9.17) is 0 Å². The van der Waals surface area contributed by atoms with Gasteiger partial charge in [-0.05, 0) is 31.4 Å². The first-order chi connectivity index (χ1) is 8.56. The summed E-state index contributed by atoms with van der Waals surface area (Å²) in [6, 6.07) is 3.88. The van der Waals surface area contributed by atoms with Crippen molar-refractivity contribution < 1.29 is 8.42 Å². The third-order valence-corrected chi connectivity index (χ3v) is 5.75. The topological polar surface area (TPSA) is 64.3 Å². The highest BCUT2D eigenvalue weighted by molar-refractivity contribution is 7.92.